The van der Waals surface area contributed by atoms with Crippen LogP contribution in [0, 0.1) is 0 Å². The highest BCUT2D eigenvalue weighted by molar-refractivity contribution is 4.50. The fourth-order valence-electron chi connectivity index (χ4n) is 3.12. The van der Waals surface area contributed by atoms with E-state index in [-0.39, 0.29) is 0 Å². The van der Waals surface area contributed by atoms with Crippen LogP contribution in [0.15, 0.2) is 0 Å². The van der Waals surface area contributed by atoms with Gasteiger partial charge in [-0.1, -0.05) is 110 Å². The first-order chi connectivity index (χ1) is 11.9. The Balaban J connectivity index is 2.93. The Labute approximate surface area is 153 Å². The molecule has 0 saturated heterocycles. The van der Waals surface area contributed by atoms with Crippen molar-refractivity contribution in [2.24, 2.45) is 0 Å². The summed E-state index contributed by atoms with van der Waals surface area (Å²) in [6, 6.07) is 0. The predicted octanol–water partition coefficient (Wildman–Crippen LogP) is 7.22. The van der Waals surface area contributed by atoms with Crippen LogP contribution < -0.4 is 5.32 Å². The maximum atomic E-state index is 5.54. The Hall–Kier alpha value is -0.0800. The molecule has 0 saturated carbocycles. The number of hydrogen-bond acceptors (Lipinski definition) is 2. The zero-order valence-corrected chi connectivity index (χ0v) is 17.1. The van der Waals surface area contributed by atoms with Crippen molar-refractivity contribution in [3.05, 3.63) is 0 Å². The fourth-order valence-corrected chi connectivity index (χ4v) is 3.12. The molecule has 2 heteroatoms. The molecule has 0 fully saturated rings. The molecule has 146 valence electrons. The zero-order valence-electron chi connectivity index (χ0n) is 17.1. The van der Waals surface area contributed by atoms with Gasteiger partial charge in [-0.25, -0.2) is 0 Å². The zero-order chi connectivity index (χ0) is 17.6. The van der Waals surface area contributed by atoms with Crippen LogP contribution in [-0.2, 0) is 4.74 Å². The number of hydrogen-bond donors (Lipinski definition) is 1. The Morgan fingerprint density at radius 1 is 0.500 bits per heavy atom. The monoisotopic (exact) mass is 341 g/mol. The second kappa shape index (κ2) is 22.9. The van der Waals surface area contributed by atoms with E-state index in [0.717, 1.165) is 19.9 Å². The molecule has 0 spiro atoms. The third-order valence-electron chi connectivity index (χ3n) is 4.80. The third-order valence-corrected chi connectivity index (χ3v) is 4.80. The smallest absolute Gasteiger partial charge is 0.0965 e. The summed E-state index contributed by atoms with van der Waals surface area (Å²) >= 11 is 0. The van der Waals surface area contributed by atoms with Gasteiger partial charge in [0, 0.05) is 6.61 Å². The maximum Gasteiger partial charge on any atom is 0.0965 e. The summed E-state index contributed by atoms with van der Waals surface area (Å²) in [5.74, 6) is 0. The molecule has 0 aromatic rings. The van der Waals surface area contributed by atoms with Gasteiger partial charge in [-0.2, -0.15) is 0 Å². The molecule has 0 amide bonds. The van der Waals surface area contributed by atoms with Crippen LogP contribution in [-0.4, -0.2) is 19.9 Å². The lowest BCUT2D eigenvalue weighted by Crippen LogP contribution is -2.19. The predicted molar refractivity (Wildman–Crippen MR) is 109 cm³/mol. The molecular weight excluding hydrogens is 294 g/mol. The molecule has 0 heterocycles. The van der Waals surface area contributed by atoms with E-state index in [2.05, 4.69) is 19.2 Å². The summed E-state index contributed by atoms with van der Waals surface area (Å²) in [6.45, 7) is 7.29. The molecule has 0 rings (SSSR count). The van der Waals surface area contributed by atoms with Crippen molar-refractivity contribution in [2.75, 3.05) is 19.9 Å². The highest BCUT2D eigenvalue weighted by Gasteiger charge is 1.94. The van der Waals surface area contributed by atoms with Crippen molar-refractivity contribution in [2.45, 2.75) is 123 Å². The van der Waals surface area contributed by atoms with Gasteiger partial charge in [0.2, 0.25) is 0 Å². The van der Waals surface area contributed by atoms with E-state index in [1.54, 1.807) is 0 Å². The summed E-state index contributed by atoms with van der Waals surface area (Å²) in [5, 5.41) is 3.38. The summed E-state index contributed by atoms with van der Waals surface area (Å²) in [5.41, 5.74) is 0. The minimum Gasteiger partial charge on any atom is -0.366 e. The molecule has 0 aliphatic heterocycles. The first kappa shape index (κ1) is 23.9. The lowest BCUT2D eigenvalue weighted by molar-refractivity contribution is 0.113. The average Bonchev–Trinajstić information content (AvgIpc) is 2.60. The standard InChI is InChI=1S/C22H47NO/c1-3-5-7-8-9-10-11-12-13-14-15-16-17-18-20-23-22-24-21-19-6-4-2/h23H,3-22H2,1-2H3. The minimum atomic E-state index is 0.738. The topological polar surface area (TPSA) is 21.3 Å². The van der Waals surface area contributed by atoms with Crippen molar-refractivity contribution < 1.29 is 4.74 Å². The first-order valence-electron chi connectivity index (χ1n) is 11.2. The van der Waals surface area contributed by atoms with E-state index in [0.29, 0.717) is 0 Å². The normalized spacial score (nSPS) is 11.2. The molecule has 2 nitrogen and oxygen atoms in total. The van der Waals surface area contributed by atoms with Crippen LogP contribution in [0.25, 0.3) is 0 Å². The lowest BCUT2D eigenvalue weighted by atomic mass is 10.0. The molecule has 0 aromatic carbocycles. The maximum absolute atomic E-state index is 5.54. The number of nitrogens with one attached hydrogen (secondary N) is 1. The second-order valence-corrected chi connectivity index (χ2v) is 7.36. The molecule has 0 aliphatic rings. The quantitative estimate of drug-likeness (QED) is 0.176. The largest absolute Gasteiger partial charge is 0.366 e. The van der Waals surface area contributed by atoms with Crippen LogP contribution >= 0.6 is 0 Å². The van der Waals surface area contributed by atoms with Crippen LogP contribution in [0.4, 0.5) is 0 Å². The molecule has 0 radical (unpaired) electrons. The molecule has 0 aromatic heterocycles. The summed E-state index contributed by atoms with van der Waals surface area (Å²) in [4.78, 5) is 0. The number of rotatable bonds is 21. The van der Waals surface area contributed by atoms with E-state index >= 15 is 0 Å². The van der Waals surface area contributed by atoms with Crippen molar-refractivity contribution >= 4 is 0 Å². The van der Waals surface area contributed by atoms with Crippen molar-refractivity contribution in [3.8, 4) is 0 Å². The van der Waals surface area contributed by atoms with Gasteiger partial charge >= 0.3 is 0 Å². The molecule has 0 unspecified atom stereocenters. The third kappa shape index (κ3) is 21.9. The van der Waals surface area contributed by atoms with Crippen molar-refractivity contribution in [1.29, 1.82) is 0 Å². The molecule has 24 heavy (non-hydrogen) atoms. The fraction of sp³-hybridized carbons (Fsp3) is 1.00. The Morgan fingerprint density at radius 2 is 0.917 bits per heavy atom. The van der Waals surface area contributed by atoms with E-state index in [1.165, 1.54) is 109 Å². The molecule has 1 N–H and O–H groups in total. The summed E-state index contributed by atoms with van der Waals surface area (Å²) < 4.78 is 5.54. The Kier molecular flexibility index (Phi) is 22.8. The molecule has 0 aliphatic carbocycles. The highest BCUT2D eigenvalue weighted by Crippen LogP contribution is 2.12. The van der Waals surface area contributed by atoms with E-state index < -0.39 is 0 Å². The van der Waals surface area contributed by atoms with Gasteiger partial charge < -0.3 is 4.74 Å². The van der Waals surface area contributed by atoms with E-state index in [9.17, 15) is 0 Å². The lowest BCUT2D eigenvalue weighted by Gasteiger charge is -2.06. The van der Waals surface area contributed by atoms with Crippen LogP contribution in [0.3, 0.4) is 0 Å². The van der Waals surface area contributed by atoms with E-state index in [4.69, 9.17) is 4.74 Å². The highest BCUT2D eigenvalue weighted by atomic mass is 16.5. The van der Waals surface area contributed by atoms with Gasteiger partial charge in [0.15, 0.2) is 0 Å². The molecule has 0 atom stereocenters. The van der Waals surface area contributed by atoms with Gasteiger partial charge in [-0.05, 0) is 19.4 Å². The Morgan fingerprint density at radius 3 is 1.42 bits per heavy atom. The van der Waals surface area contributed by atoms with Crippen molar-refractivity contribution in [3.63, 3.8) is 0 Å². The number of ether oxygens (including phenoxy) is 1. The summed E-state index contributed by atoms with van der Waals surface area (Å²) in [7, 11) is 0. The van der Waals surface area contributed by atoms with E-state index in [1.807, 2.05) is 0 Å². The van der Waals surface area contributed by atoms with Gasteiger partial charge in [-0.15, -0.1) is 0 Å². The van der Waals surface area contributed by atoms with Crippen LogP contribution in [0.2, 0.25) is 0 Å². The first-order valence-corrected chi connectivity index (χ1v) is 11.2. The van der Waals surface area contributed by atoms with Crippen LogP contribution in [0.1, 0.15) is 123 Å². The second-order valence-electron chi connectivity index (χ2n) is 7.36. The average molecular weight is 342 g/mol. The minimum absolute atomic E-state index is 0.738. The van der Waals surface area contributed by atoms with Crippen molar-refractivity contribution in [1.82, 2.24) is 5.32 Å². The van der Waals surface area contributed by atoms with Crippen LogP contribution in [0.5, 0.6) is 0 Å². The van der Waals surface area contributed by atoms with Gasteiger partial charge in [0.1, 0.15) is 0 Å². The number of unbranched alkanes of at least 4 members (excludes halogenated alkanes) is 15. The van der Waals surface area contributed by atoms with Gasteiger partial charge in [-0.3, -0.25) is 5.32 Å². The van der Waals surface area contributed by atoms with Gasteiger partial charge in [0.05, 0.1) is 6.73 Å². The van der Waals surface area contributed by atoms with Gasteiger partial charge in [0.25, 0.3) is 0 Å². The molecular formula is C22H47NO. The SMILES string of the molecule is CCCCCCCCCCCCCCCCNCOCCCCC. The summed E-state index contributed by atoms with van der Waals surface area (Å²) in [6.07, 6.45) is 23.8. The Bertz CT molecular complexity index is 186. The molecule has 0 bridgehead atoms.